The lowest BCUT2D eigenvalue weighted by Crippen LogP contribution is -2.11. The highest BCUT2D eigenvalue weighted by atomic mass is 16.5. The summed E-state index contributed by atoms with van der Waals surface area (Å²) < 4.78 is 5.76. The van der Waals surface area contributed by atoms with Crippen LogP contribution >= 0.6 is 0 Å². The van der Waals surface area contributed by atoms with Crippen LogP contribution in [-0.2, 0) is 9.53 Å². The molecule has 0 amide bonds. The zero-order valence-corrected chi connectivity index (χ0v) is 8.29. The van der Waals surface area contributed by atoms with Crippen molar-refractivity contribution in [1.29, 1.82) is 0 Å². The summed E-state index contributed by atoms with van der Waals surface area (Å²) in [5, 5.41) is 0. The second-order valence-corrected chi connectivity index (χ2v) is 3.64. The molecule has 0 saturated carbocycles. The van der Waals surface area contributed by atoms with Crippen LogP contribution in [0.3, 0.4) is 0 Å². The summed E-state index contributed by atoms with van der Waals surface area (Å²) in [5.74, 6) is 0. The van der Waals surface area contributed by atoms with Crippen molar-refractivity contribution in [2.75, 3.05) is 0 Å². The summed E-state index contributed by atoms with van der Waals surface area (Å²) in [5.41, 5.74) is 1.17. The Morgan fingerprint density at radius 3 is 3.00 bits per heavy atom. The highest BCUT2D eigenvalue weighted by molar-refractivity contribution is 5.49. The van der Waals surface area contributed by atoms with Crippen molar-refractivity contribution in [1.82, 2.24) is 0 Å². The Kier molecular flexibility index (Phi) is 4.16. The smallest absolute Gasteiger partial charge is 0.120 e. The molecule has 0 aliphatic carbocycles. The maximum absolute atomic E-state index is 10.2. The number of rotatable bonds is 5. The second kappa shape index (κ2) is 5.18. The lowest BCUT2D eigenvalue weighted by atomic mass is 10.0. The first-order valence-electron chi connectivity index (χ1n) is 5.04. The first kappa shape index (κ1) is 10.5. The van der Waals surface area contributed by atoms with Crippen molar-refractivity contribution >= 4 is 6.29 Å². The van der Waals surface area contributed by atoms with Gasteiger partial charge in [0.15, 0.2) is 0 Å². The molecule has 0 N–H and O–H groups in total. The molecular weight excluding hydrogens is 164 g/mol. The van der Waals surface area contributed by atoms with Gasteiger partial charge in [0, 0.05) is 6.42 Å². The minimum absolute atomic E-state index is 0.141. The van der Waals surface area contributed by atoms with Gasteiger partial charge in [0.2, 0.25) is 0 Å². The zero-order chi connectivity index (χ0) is 9.68. The van der Waals surface area contributed by atoms with Crippen molar-refractivity contribution in [3.63, 3.8) is 0 Å². The Morgan fingerprint density at radius 1 is 1.62 bits per heavy atom. The molecule has 0 aromatic heterocycles. The number of carbonyl (C=O) groups is 1. The van der Waals surface area contributed by atoms with Crippen LogP contribution in [0.1, 0.15) is 39.0 Å². The minimum Gasteiger partial charge on any atom is -0.370 e. The van der Waals surface area contributed by atoms with Crippen molar-refractivity contribution < 1.29 is 9.53 Å². The number of carbonyl (C=O) groups excluding carboxylic acids is 1. The molecule has 0 spiro atoms. The molecule has 0 radical (unpaired) electrons. The fraction of sp³-hybridized carbons (Fsp3) is 0.727. The molecule has 0 unspecified atom stereocenters. The van der Waals surface area contributed by atoms with Crippen LogP contribution in [0.2, 0.25) is 0 Å². The van der Waals surface area contributed by atoms with Crippen LogP contribution in [0.25, 0.3) is 0 Å². The van der Waals surface area contributed by atoms with Gasteiger partial charge in [-0.1, -0.05) is 19.9 Å². The molecule has 1 aliphatic rings. The number of hydrogen-bond acceptors (Lipinski definition) is 2. The quantitative estimate of drug-likeness (QED) is 0.482. The molecular formula is C11H18O2. The molecule has 74 valence electrons. The molecule has 13 heavy (non-hydrogen) atoms. The summed E-state index contributed by atoms with van der Waals surface area (Å²) in [6, 6.07) is 0. The third-order valence-electron chi connectivity index (χ3n) is 2.46. The monoisotopic (exact) mass is 182 g/mol. The topological polar surface area (TPSA) is 26.3 Å². The Hall–Kier alpha value is -0.630. The minimum atomic E-state index is 0.141. The molecule has 0 bridgehead atoms. The lowest BCUT2D eigenvalue weighted by molar-refractivity contribution is -0.108. The summed E-state index contributed by atoms with van der Waals surface area (Å²) in [4.78, 5) is 10.2. The van der Waals surface area contributed by atoms with E-state index in [0.717, 1.165) is 32.0 Å². The van der Waals surface area contributed by atoms with E-state index in [1.165, 1.54) is 5.57 Å². The molecule has 1 saturated heterocycles. The van der Waals surface area contributed by atoms with Gasteiger partial charge in [-0.3, -0.25) is 0 Å². The van der Waals surface area contributed by atoms with Crippen LogP contribution in [0.15, 0.2) is 12.2 Å². The molecule has 1 heterocycles. The number of hydrogen-bond donors (Lipinski definition) is 0. The number of ether oxygens (including phenoxy) is 1. The van der Waals surface area contributed by atoms with Crippen LogP contribution in [0.4, 0.5) is 0 Å². The van der Waals surface area contributed by atoms with E-state index in [1.54, 1.807) is 0 Å². The predicted molar refractivity (Wildman–Crippen MR) is 52.6 cm³/mol. The molecule has 0 aromatic rings. The summed E-state index contributed by atoms with van der Waals surface area (Å²) in [6.45, 7) is 6.14. The van der Waals surface area contributed by atoms with Crippen LogP contribution in [0, 0.1) is 0 Å². The van der Waals surface area contributed by atoms with E-state index in [4.69, 9.17) is 4.74 Å². The van der Waals surface area contributed by atoms with Gasteiger partial charge < -0.3 is 9.53 Å². The standard InChI is InChI=1S/C11H18O2/c1-3-5-10-8-9(2)11(13-10)6-4-7-12/h7,10-11H,2-6,8H2,1H3/t10-,11-/m0/s1. The summed E-state index contributed by atoms with van der Waals surface area (Å²) >= 11 is 0. The molecule has 2 heteroatoms. The summed E-state index contributed by atoms with van der Waals surface area (Å²) in [7, 11) is 0. The molecule has 1 aliphatic heterocycles. The Labute approximate surface area is 80.0 Å². The van der Waals surface area contributed by atoms with Gasteiger partial charge in [-0.25, -0.2) is 0 Å². The third-order valence-corrected chi connectivity index (χ3v) is 2.46. The van der Waals surface area contributed by atoms with Crippen LogP contribution in [-0.4, -0.2) is 18.5 Å². The number of aldehydes is 1. The zero-order valence-electron chi connectivity index (χ0n) is 8.29. The van der Waals surface area contributed by atoms with Gasteiger partial charge in [-0.15, -0.1) is 0 Å². The van der Waals surface area contributed by atoms with E-state index in [2.05, 4.69) is 13.5 Å². The molecule has 0 aromatic carbocycles. The Balaban J connectivity index is 2.32. The highest BCUT2D eigenvalue weighted by Crippen LogP contribution is 2.29. The van der Waals surface area contributed by atoms with Crippen LogP contribution < -0.4 is 0 Å². The average Bonchev–Trinajstić information content (AvgIpc) is 2.44. The second-order valence-electron chi connectivity index (χ2n) is 3.64. The van der Waals surface area contributed by atoms with Crippen LogP contribution in [0.5, 0.6) is 0 Å². The molecule has 1 rings (SSSR count). The lowest BCUT2D eigenvalue weighted by Gasteiger charge is -2.11. The maximum Gasteiger partial charge on any atom is 0.120 e. The average molecular weight is 182 g/mol. The summed E-state index contributed by atoms with van der Waals surface area (Å²) in [6.07, 6.45) is 6.08. The van der Waals surface area contributed by atoms with E-state index in [-0.39, 0.29) is 6.10 Å². The fourth-order valence-electron chi connectivity index (χ4n) is 1.78. The van der Waals surface area contributed by atoms with Crippen molar-refractivity contribution in [2.24, 2.45) is 0 Å². The Morgan fingerprint density at radius 2 is 2.38 bits per heavy atom. The molecule has 2 atom stereocenters. The third kappa shape index (κ3) is 2.96. The van der Waals surface area contributed by atoms with E-state index in [1.807, 2.05) is 0 Å². The first-order chi connectivity index (χ1) is 6.27. The predicted octanol–water partition coefficient (Wildman–Crippen LogP) is 2.48. The molecule has 2 nitrogen and oxygen atoms in total. The fourth-order valence-corrected chi connectivity index (χ4v) is 1.78. The Bertz CT molecular complexity index is 187. The van der Waals surface area contributed by atoms with E-state index >= 15 is 0 Å². The van der Waals surface area contributed by atoms with Crippen molar-refractivity contribution in [3.05, 3.63) is 12.2 Å². The maximum atomic E-state index is 10.2. The van der Waals surface area contributed by atoms with E-state index in [0.29, 0.717) is 12.5 Å². The van der Waals surface area contributed by atoms with Gasteiger partial charge in [-0.2, -0.15) is 0 Å². The van der Waals surface area contributed by atoms with Gasteiger partial charge in [-0.05, 0) is 24.8 Å². The van der Waals surface area contributed by atoms with Gasteiger partial charge in [0.1, 0.15) is 6.29 Å². The van der Waals surface area contributed by atoms with Gasteiger partial charge in [0.05, 0.1) is 12.2 Å². The van der Waals surface area contributed by atoms with E-state index in [9.17, 15) is 4.79 Å². The SMILES string of the molecule is C=C1C[C@H](CCC)O[C@H]1CCC=O. The first-order valence-corrected chi connectivity index (χ1v) is 5.04. The normalized spacial score (nSPS) is 27.9. The molecule has 1 fully saturated rings. The van der Waals surface area contributed by atoms with Crippen molar-refractivity contribution in [2.45, 2.75) is 51.2 Å². The van der Waals surface area contributed by atoms with E-state index < -0.39 is 0 Å². The van der Waals surface area contributed by atoms with Crippen molar-refractivity contribution in [3.8, 4) is 0 Å². The largest absolute Gasteiger partial charge is 0.370 e. The highest BCUT2D eigenvalue weighted by Gasteiger charge is 2.27. The van der Waals surface area contributed by atoms with Gasteiger partial charge in [0.25, 0.3) is 0 Å². The van der Waals surface area contributed by atoms with Gasteiger partial charge >= 0.3 is 0 Å².